The molecule has 4 rings (SSSR count). The van der Waals surface area contributed by atoms with E-state index in [-0.39, 0.29) is 16.9 Å². The highest BCUT2D eigenvalue weighted by Crippen LogP contribution is 2.29. The van der Waals surface area contributed by atoms with E-state index >= 15 is 0 Å². The molecule has 0 fully saturated rings. The van der Waals surface area contributed by atoms with Crippen molar-refractivity contribution >= 4 is 27.5 Å². The first-order valence-corrected chi connectivity index (χ1v) is 10.1. The van der Waals surface area contributed by atoms with Crippen molar-refractivity contribution in [3.05, 3.63) is 62.5 Å². The van der Waals surface area contributed by atoms with Gasteiger partial charge in [0.1, 0.15) is 10.7 Å². The molecule has 140 valence electrons. The molecule has 0 spiro atoms. The molecule has 27 heavy (non-hydrogen) atoms. The molecule has 0 saturated carbocycles. The molecule has 1 amide bonds. The number of hydrogen-bond acceptors (Lipinski definition) is 4. The summed E-state index contributed by atoms with van der Waals surface area (Å²) in [5.41, 5.74) is 1.73. The second kappa shape index (κ2) is 6.60. The van der Waals surface area contributed by atoms with Crippen LogP contribution in [-0.2, 0) is 18.4 Å². The summed E-state index contributed by atoms with van der Waals surface area (Å²) >= 11 is 1.32. The quantitative estimate of drug-likeness (QED) is 0.753. The molecule has 1 aromatic carbocycles. The van der Waals surface area contributed by atoms with Gasteiger partial charge in [-0.3, -0.25) is 14.2 Å². The zero-order chi connectivity index (χ0) is 19.2. The van der Waals surface area contributed by atoms with Gasteiger partial charge >= 0.3 is 0 Å². The maximum absolute atomic E-state index is 12.8. The van der Waals surface area contributed by atoms with Gasteiger partial charge in [-0.25, -0.2) is 4.98 Å². The van der Waals surface area contributed by atoms with E-state index in [9.17, 15) is 9.59 Å². The van der Waals surface area contributed by atoms with E-state index < -0.39 is 0 Å². The lowest BCUT2D eigenvalue weighted by Gasteiger charge is -2.25. The van der Waals surface area contributed by atoms with Crippen LogP contribution in [0, 0.1) is 6.92 Å². The molecule has 0 unspecified atom stereocenters. The standard InChI is InChI=1S/C21H23N3O2S/c1-13-16-19(23-15-10-7-11-24(15)20(16)26)27-17(13)18(25)22-12-21(2,3)14-8-5-4-6-9-14/h4-6,8-9H,7,10-12H2,1-3H3,(H,22,25). The van der Waals surface area contributed by atoms with Gasteiger partial charge < -0.3 is 5.32 Å². The topological polar surface area (TPSA) is 64.0 Å². The van der Waals surface area contributed by atoms with E-state index in [1.807, 2.05) is 25.1 Å². The number of nitrogens with one attached hydrogen (secondary N) is 1. The molecule has 2 aromatic heterocycles. The van der Waals surface area contributed by atoms with Crippen molar-refractivity contribution in [2.24, 2.45) is 0 Å². The fourth-order valence-electron chi connectivity index (χ4n) is 3.66. The van der Waals surface area contributed by atoms with E-state index in [0.717, 1.165) is 30.8 Å². The summed E-state index contributed by atoms with van der Waals surface area (Å²) in [6.45, 7) is 7.31. The zero-order valence-corrected chi connectivity index (χ0v) is 16.7. The van der Waals surface area contributed by atoms with E-state index in [1.54, 1.807) is 4.57 Å². The van der Waals surface area contributed by atoms with Gasteiger partial charge in [0.15, 0.2) is 0 Å². The molecule has 1 aliphatic rings. The van der Waals surface area contributed by atoms with Crippen LogP contribution in [0.5, 0.6) is 0 Å². The van der Waals surface area contributed by atoms with Crippen molar-refractivity contribution in [1.82, 2.24) is 14.9 Å². The van der Waals surface area contributed by atoms with Gasteiger partial charge in [-0.1, -0.05) is 44.2 Å². The number of carbonyl (C=O) groups is 1. The number of fused-ring (bicyclic) bond motifs is 2. The highest BCUT2D eigenvalue weighted by molar-refractivity contribution is 7.20. The maximum atomic E-state index is 12.8. The van der Waals surface area contributed by atoms with Crippen LogP contribution in [0.2, 0.25) is 0 Å². The van der Waals surface area contributed by atoms with Crippen molar-refractivity contribution in [2.75, 3.05) is 6.54 Å². The number of nitrogens with zero attached hydrogens (tertiary/aromatic N) is 2. The van der Waals surface area contributed by atoms with Gasteiger partial charge in [-0.05, 0) is 24.5 Å². The number of thiophene rings is 1. The van der Waals surface area contributed by atoms with E-state index in [4.69, 9.17) is 0 Å². The molecule has 3 heterocycles. The summed E-state index contributed by atoms with van der Waals surface area (Å²) in [6, 6.07) is 10.1. The maximum Gasteiger partial charge on any atom is 0.262 e. The normalized spacial score (nSPS) is 13.7. The third-order valence-electron chi connectivity index (χ3n) is 5.36. The molecule has 6 heteroatoms. The van der Waals surface area contributed by atoms with Gasteiger partial charge in [0.25, 0.3) is 11.5 Å². The molecular formula is C21H23N3O2S. The first-order chi connectivity index (χ1) is 12.9. The van der Waals surface area contributed by atoms with Gasteiger partial charge in [0.2, 0.25) is 0 Å². The monoisotopic (exact) mass is 381 g/mol. The number of aromatic nitrogens is 2. The Labute approximate surface area is 162 Å². The fraction of sp³-hybridized carbons (Fsp3) is 0.381. The number of hydrogen-bond donors (Lipinski definition) is 1. The van der Waals surface area contributed by atoms with Crippen molar-refractivity contribution in [3.63, 3.8) is 0 Å². The van der Waals surface area contributed by atoms with Gasteiger partial charge in [-0.2, -0.15) is 0 Å². The summed E-state index contributed by atoms with van der Waals surface area (Å²) in [5.74, 6) is 0.704. The third-order valence-corrected chi connectivity index (χ3v) is 6.55. The van der Waals surface area contributed by atoms with Gasteiger partial charge in [0.05, 0.1) is 10.3 Å². The van der Waals surface area contributed by atoms with Crippen molar-refractivity contribution < 1.29 is 4.79 Å². The number of benzene rings is 1. The fourth-order valence-corrected chi connectivity index (χ4v) is 4.77. The molecule has 0 saturated heterocycles. The molecule has 0 aliphatic carbocycles. The highest BCUT2D eigenvalue weighted by atomic mass is 32.1. The molecular weight excluding hydrogens is 358 g/mol. The van der Waals surface area contributed by atoms with Gasteiger partial charge in [0, 0.05) is 24.9 Å². The summed E-state index contributed by atoms with van der Waals surface area (Å²) in [4.78, 5) is 31.5. The van der Waals surface area contributed by atoms with Crippen molar-refractivity contribution in [2.45, 2.75) is 45.6 Å². The minimum absolute atomic E-state index is 0.00934. The molecule has 1 N–H and O–H groups in total. The Morgan fingerprint density at radius 2 is 2.04 bits per heavy atom. The van der Waals surface area contributed by atoms with Crippen LogP contribution in [0.3, 0.4) is 0 Å². The number of aryl methyl sites for hydroxylation is 2. The largest absolute Gasteiger partial charge is 0.350 e. The smallest absolute Gasteiger partial charge is 0.262 e. The Hall–Kier alpha value is -2.47. The van der Waals surface area contributed by atoms with Crippen molar-refractivity contribution in [3.8, 4) is 0 Å². The minimum atomic E-state index is -0.180. The second-order valence-corrected chi connectivity index (χ2v) is 8.76. The summed E-state index contributed by atoms with van der Waals surface area (Å²) in [7, 11) is 0. The van der Waals surface area contributed by atoms with E-state index in [0.29, 0.717) is 21.6 Å². The van der Waals surface area contributed by atoms with Crippen molar-refractivity contribution in [1.29, 1.82) is 0 Å². The molecule has 5 nitrogen and oxygen atoms in total. The molecule has 0 atom stereocenters. The zero-order valence-electron chi connectivity index (χ0n) is 15.8. The lowest BCUT2D eigenvalue weighted by Crippen LogP contribution is -2.36. The first-order valence-electron chi connectivity index (χ1n) is 9.25. The lowest BCUT2D eigenvalue weighted by molar-refractivity contribution is 0.0949. The summed E-state index contributed by atoms with van der Waals surface area (Å²) < 4.78 is 1.75. The average molecular weight is 382 g/mol. The Balaban J connectivity index is 1.61. The Kier molecular flexibility index (Phi) is 4.38. The Morgan fingerprint density at radius 3 is 2.78 bits per heavy atom. The predicted octanol–water partition coefficient (Wildman–Crippen LogP) is 3.42. The van der Waals surface area contributed by atoms with Crippen LogP contribution in [0.1, 0.15) is 46.9 Å². The Morgan fingerprint density at radius 1 is 1.30 bits per heavy atom. The predicted molar refractivity (Wildman–Crippen MR) is 109 cm³/mol. The van der Waals surface area contributed by atoms with Crippen LogP contribution < -0.4 is 10.9 Å². The Bertz CT molecular complexity index is 1080. The lowest BCUT2D eigenvalue weighted by atomic mass is 9.84. The van der Waals surface area contributed by atoms with Crippen LogP contribution in [0.15, 0.2) is 35.1 Å². The highest BCUT2D eigenvalue weighted by Gasteiger charge is 2.25. The van der Waals surface area contributed by atoms with Crippen LogP contribution in [0.4, 0.5) is 0 Å². The van der Waals surface area contributed by atoms with E-state index in [1.165, 1.54) is 16.9 Å². The average Bonchev–Trinajstić information content (AvgIpc) is 3.26. The SMILES string of the molecule is Cc1c(C(=O)NCC(C)(C)c2ccccc2)sc2nc3n(c(=O)c12)CCC3. The number of amides is 1. The molecule has 3 aromatic rings. The molecule has 0 radical (unpaired) electrons. The minimum Gasteiger partial charge on any atom is -0.350 e. The van der Waals surface area contributed by atoms with Crippen LogP contribution in [-0.4, -0.2) is 22.0 Å². The number of rotatable bonds is 4. The summed E-state index contributed by atoms with van der Waals surface area (Å²) in [6.07, 6.45) is 1.79. The van der Waals surface area contributed by atoms with E-state index in [2.05, 4.69) is 36.3 Å². The second-order valence-electron chi connectivity index (χ2n) is 7.76. The first kappa shape index (κ1) is 17.9. The molecule has 1 aliphatic heterocycles. The van der Waals surface area contributed by atoms with Gasteiger partial charge in [-0.15, -0.1) is 11.3 Å². The molecule has 0 bridgehead atoms. The van der Waals surface area contributed by atoms with Crippen LogP contribution >= 0.6 is 11.3 Å². The third kappa shape index (κ3) is 3.08. The number of carbonyl (C=O) groups excluding carboxylic acids is 1. The van der Waals surface area contributed by atoms with Crippen LogP contribution in [0.25, 0.3) is 10.2 Å². The summed E-state index contributed by atoms with van der Waals surface area (Å²) in [5, 5.41) is 3.65.